The van der Waals surface area contributed by atoms with Crippen molar-refractivity contribution >= 4 is 11.6 Å². The smallest absolute Gasteiger partial charge is 0.220 e. The quantitative estimate of drug-likeness (QED) is 0.493. The highest BCUT2D eigenvalue weighted by molar-refractivity contribution is 6.06. The van der Waals surface area contributed by atoms with Crippen molar-refractivity contribution in [3.05, 3.63) is 81.4 Å². The van der Waals surface area contributed by atoms with E-state index in [1.807, 2.05) is 24.3 Å². The van der Waals surface area contributed by atoms with Crippen molar-refractivity contribution in [2.75, 3.05) is 55.6 Å². The number of piperidine rings is 2. The van der Waals surface area contributed by atoms with Crippen molar-refractivity contribution in [1.29, 1.82) is 0 Å². The average Bonchev–Trinajstić information content (AvgIpc) is 3.07. The van der Waals surface area contributed by atoms with Crippen molar-refractivity contribution in [1.82, 2.24) is 9.80 Å². The molecule has 8 rings (SSSR count). The number of phenols is 2. The van der Waals surface area contributed by atoms with Gasteiger partial charge in [0.05, 0.1) is 28.4 Å². The number of hydrogen-bond donors (Lipinski definition) is 2. The number of benzene rings is 2. The summed E-state index contributed by atoms with van der Waals surface area (Å²) in [7, 11) is 10.2. The molecule has 4 bridgehead atoms. The van der Waals surface area contributed by atoms with Gasteiger partial charge in [-0.15, -0.1) is 0 Å². The minimum Gasteiger partial charge on any atom is -0.504 e. The average molecular weight is 653 g/mol. The fourth-order valence-corrected chi connectivity index (χ4v) is 9.62. The zero-order valence-electron chi connectivity index (χ0n) is 28.1. The van der Waals surface area contributed by atoms with Gasteiger partial charge in [0.2, 0.25) is 11.6 Å². The summed E-state index contributed by atoms with van der Waals surface area (Å²) in [5.41, 5.74) is 5.40. The Morgan fingerprint density at radius 1 is 0.667 bits per heavy atom. The highest BCUT2D eigenvalue weighted by atomic mass is 16.5. The molecule has 0 spiro atoms. The van der Waals surface area contributed by atoms with Crippen LogP contribution < -0.4 is 9.47 Å². The molecule has 2 saturated heterocycles. The van der Waals surface area contributed by atoms with Crippen molar-refractivity contribution in [3.8, 4) is 34.1 Å². The van der Waals surface area contributed by atoms with Crippen LogP contribution in [0.3, 0.4) is 0 Å². The summed E-state index contributed by atoms with van der Waals surface area (Å²) < 4.78 is 22.9. The number of allylic oxidation sites excluding steroid dienone is 4. The summed E-state index contributed by atoms with van der Waals surface area (Å²) >= 11 is 0. The van der Waals surface area contributed by atoms with E-state index in [1.54, 1.807) is 26.4 Å². The summed E-state index contributed by atoms with van der Waals surface area (Å²) in [6, 6.07) is 3.61. The van der Waals surface area contributed by atoms with Crippen LogP contribution in [-0.2, 0) is 42.7 Å². The molecule has 2 aromatic carbocycles. The van der Waals surface area contributed by atoms with Crippen molar-refractivity contribution in [2.45, 2.75) is 48.6 Å². The molecule has 4 aliphatic carbocycles. The van der Waals surface area contributed by atoms with E-state index in [0.29, 0.717) is 48.3 Å². The Balaban J connectivity index is 1.47. The van der Waals surface area contributed by atoms with Crippen LogP contribution in [0.5, 0.6) is 23.0 Å². The predicted octanol–water partition coefficient (Wildman–Crippen LogP) is 3.86. The molecular formula is C38H40N2O8. The number of likely N-dealkylation sites (tertiary alicyclic amines) is 2. The Hall–Kier alpha value is -4.54. The van der Waals surface area contributed by atoms with Gasteiger partial charge < -0.3 is 29.2 Å². The normalized spacial score (nSPS) is 28.9. The van der Waals surface area contributed by atoms with Crippen LogP contribution in [0.4, 0.5) is 0 Å². The minimum absolute atomic E-state index is 0.0460. The Morgan fingerprint density at radius 3 is 1.42 bits per heavy atom. The number of carbonyl (C=O) groups excluding carboxylic acids is 2. The lowest BCUT2D eigenvalue weighted by Gasteiger charge is -2.53. The number of rotatable bonds is 5. The highest BCUT2D eigenvalue weighted by Gasteiger charge is 2.55. The second-order valence-electron chi connectivity index (χ2n) is 13.9. The lowest BCUT2D eigenvalue weighted by atomic mass is 9.56. The molecule has 2 heterocycles. The van der Waals surface area contributed by atoms with Crippen LogP contribution >= 0.6 is 0 Å². The van der Waals surface area contributed by atoms with Gasteiger partial charge in [-0.25, -0.2) is 0 Å². The maximum atomic E-state index is 13.1. The topological polar surface area (TPSA) is 118 Å². The molecule has 0 radical (unpaired) electrons. The molecule has 0 amide bonds. The van der Waals surface area contributed by atoms with E-state index in [4.69, 9.17) is 18.9 Å². The third-order valence-electron chi connectivity index (χ3n) is 11.9. The van der Waals surface area contributed by atoms with E-state index in [9.17, 15) is 19.8 Å². The lowest BCUT2D eigenvalue weighted by Crippen LogP contribution is -2.55. The SMILES string of the molecule is COC1=C[C@]23CCN(C)[C@@H](Cc4c(-c5cc(OC)c(O)c6c5C[C@H]5C7=CC(=O)C(OC)=C[C@@]76CCN5C)cc(OC)c(O)c42)C3=CC1=O. The molecule has 2 aliphatic heterocycles. The largest absolute Gasteiger partial charge is 0.504 e. The standard InChI is InChI=1S/C38H40N2O8/c1-39-9-7-37-17-31(47-5)27(41)15-23(37)25(39)11-21-19(13-29(45-3)35(43)33(21)37)20-14-30(46-4)36(44)34-22(20)12-26-24-16-28(42)32(48-6)18-38(24,34)8-10-40(26)2/h13-18,25-26,43-44H,7-12H2,1-6H3/t25-,26-,37-,38-/m0/s1. The molecule has 250 valence electrons. The number of nitrogens with zero attached hydrogens (tertiary/aromatic N) is 2. The molecule has 4 atom stereocenters. The number of fused-ring (bicyclic) bond motifs is 2. The summed E-state index contributed by atoms with van der Waals surface area (Å²) in [6.45, 7) is 1.52. The minimum atomic E-state index is -0.774. The molecule has 0 unspecified atom stereocenters. The first-order valence-electron chi connectivity index (χ1n) is 16.4. The fourth-order valence-electron chi connectivity index (χ4n) is 9.62. The third-order valence-corrected chi connectivity index (χ3v) is 11.9. The molecule has 10 nitrogen and oxygen atoms in total. The number of likely N-dealkylation sites (N-methyl/N-ethyl adjacent to an activating group) is 2. The Morgan fingerprint density at radius 2 is 1.06 bits per heavy atom. The van der Waals surface area contributed by atoms with Crippen LogP contribution in [-0.4, -0.2) is 99.3 Å². The van der Waals surface area contributed by atoms with Crippen LogP contribution in [0.1, 0.15) is 35.1 Å². The van der Waals surface area contributed by atoms with Crippen molar-refractivity contribution in [2.24, 2.45) is 0 Å². The van der Waals surface area contributed by atoms with Crippen molar-refractivity contribution < 1.29 is 38.7 Å². The van der Waals surface area contributed by atoms with E-state index in [1.165, 1.54) is 14.2 Å². The molecule has 2 aromatic rings. The van der Waals surface area contributed by atoms with E-state index in [2.05, 4.69) is 23.9 Å². The van der Waals surface area contributed by atoms with Gasteiger partial charge in [-0.1, -0.05) is 0 Å². The zero-order valence-corrected chi connectivity index (χ0v) is 28.1. The second-order valence-corrected chi connectivity index (χ2v) is 13.9. The maximum Gasteiger partial charge on any atom is 0.220 e. The Labute approximate surface area is 279 Å². The van der Waals surface area contributed by atoms with Crippen LogP contribution in [0.2, 0.25) is 0 Å². The monoisotopic (exact) mass is 652 g/mol. The highest BCUT2D eigenvalue weighted by Crippen LogP contribution is 2.61. The number of phenolic OH excluding ortho intramolecular Hbond substituents is 2. The number of ether oxygens (including phenoxy) is 4. The third kappa shape index (κ3) is 3.81. The Bertz CT molecular complexity index is 1820. The van der Waals surface area contributed by atoms with Gasteiger partial charge in [0.25, 0.3) is 0 Å². The van der Waals surface area contributed by atoms with Crippen LogP contribution in [0.15, 0.2) is 59.1 Å². The van der Waals surface area contributed by atoms with E-state index in [-0.39, 0.29) is 46.7 Å². The molecule has 0 aromatic heterocycles. The molecule has 10 heteroatoms. The fraction of sp³-hybridized carbons (Fsp3) is 0.421. The summed E-state index contributed by atoms with van der Waals surface area (Å²) in [6.07, 6.45) is 9.55. The number of methoxy groups -OCH3 is 4. The molecule has 0 saturated carbocycles. The predicted molar refractivity (Wildman–Crippen MR) is 178 cm³/mol. The Kier molecular flexibility index (Phi) is 6.72. The lowest BCUT2D eigenvalue weighted by molar-refractivity contribution is -0.115. The summed E-state index contributed by atoms with van der Waals surface area (Å²) in [5.74, 6) is 0.871. The van der Waals surface area contributed by atoms with Gasteiger partial charge in [0.15, 0.2) is 34.5 Å². The molecule has 2 fully saturated rings. The van der Waals surface area contributed by atoms with Gasteiger partial charge in [-0.2, -0.15) is 0 Å². The maximum absolute atomic E-state index is 13.1. The van der Waals surface area contributed by atoms with Gasteiger partial charge in [0.1, 0.15) is 0 Å². The number of carbonyl (C=O) groups is 2. The van der Waals surface area contributed by atoms with Gasteiger partial charge in [-0.05, 0) is 123 Å². The van der Waals surface area contributed by atoms with Crippen LogP contribution in [0, 0.1) is 0 Å². The van der Waals surface area contributed by atoms with Gasteiger partial charge in [0, 0.05) is 34.0 Å². The molecule has 2 N–H and O–H groups in total. The van der Waals surface area contributed by atoms with Gasteiger partial charge >= 0.3 is 0 Å². The molecular weight excluding hydrogens is 612 g/mol. The van der Waals surface area contributed by atoms with Crippen molar-refractivity contribution in [3.63, 3.8) is 0 Å². The number of ketones is 2. The molecule has 48 heavy (non-hydrogen) atoms. The summed E-state index contributed by atoms with van der Waals surface area (Å²) in [4.78, 5) is 30.8. The molecule has 6 aliphatic rings. The van der Waals surface area contributed by atoms with Crippen LogP contribution in [0.25, 0.3) is 11.1 Å². The first-order valence-corrected chi connectivity index (χ1v) is 16.4. The summed E-state index contributed by atoms with van der Waals surface area (Å²) in [5, 5.41) is 23.9. The van der Waals surface area contributed by atoms with E-state index < -0.39 is 10.8 Å². The second kappa shape index (κ2) is 10.5. The number of hydrogen-bond acceptors (Lipinski definition) is 10. The first kappa shape index (κ1) is 30.8. The van der Waals surface area contributed by atoms with E-state index >= 15 is 0 Å². The van der Waals surface area contributed by atoms with Gasteiger partial charge in [-0.3, -0.25) is 19.4 Å². The zero-order chi connectivity index (χ0) is 33.9. The first-order chi connectivity index (χ1) is 23.0. The number of aromatic hydroxyl groups is 2. The van der Waals surface area contributed by atoms with E-state index in [0.717, 1.165) is 46.5 Å².